The molecule has 0 amide bonds. The summed E-state index contributed by atoms with van der Waals surface area (Å²) in [6.07, 6.45) is 0.389. The maximum atomic E-state index is 14.3. The van der Waals surface area contributed by atoms with Gasteiger partial charge in [0.25, 0.3) is 0 Å². The SMILES string of the molecule is COC(=O)COc1cc(C)c(Cc2ccc(O)c(Br)c2F)c(C)c1. The summed E-state index contributed by atoms with van der Waals surface area (Å²) in [5, 5.41) is 9.52. The van der Waals surface area contributed by atoms with E-state index in [1.807, 2.05) is 13.8 Å². The first kappa shape index (κ1) is 18.3. The topological polar surface area (TPSA) is 55.8 Å². The normalized spacial score (nSPS) is 10.5. The molecule has 0 radical (unpaired) electrons. The zero-order valence-electron chi connectivity index (χ0n) is 13.7. The second-order valence-electron chi connectivity index (χ2n) is 5.45. The Hall–Kier alpha value is -2.08. The molecule has 0 saturated carbocycles. The van der Waals surface area contributed by atoms with Gasteiger partial charge in [-0.1, -0.05) is 6.07 Å². The molecule has 1 N–H and O–H groups in total. The Morgan fingerprint density at radius 1 is 1.25 bits per heavy atom. The van der Waals surface area contributed by atoms with Crippen LogP contribution in [0, 0.1) is 19.7 Å². The Labute approximate surface area is 148 Å². The fourth-order valence-electron chi connectivity index (χ4n) is 2.42. The van der Waals surface area contributed by atoms with Gasteiger partial charge < -0.3 is 14.6 Å². The maximum absolute atomic E-state index is 14.3. The number of ether oxygens (including phenoxy) is 2. The number of phenols is 1. The number of rotatable bonds is 5. The minimum absolute atomic E-state index is 0.0633. The molecule has 0 atom stereocenters. The van der Waals surface area contributed by atoms with E-state index in [1.165, 1.54) is 13.2 Å². The molecular weight excluding hydrogens is 379 g/mol. The highest BCUT2D eigenvalue weighted by Crippen LogP contribution is 2.31. The number of carbonyl (C=O) groups excluding carboxylic acids is 1. The molecule has 0 bridgehead atoms. The van der Waals surface area contributed by atoms with Gasteiger partial charge in [0, 0.05) is 6.42 Å². The molecule has 2 aromatic carbocycles. The van der Waals surface area contributed by atoms with Crippen LogP contribution in [0.5, 0.6) is 11.5 Å². The van der Waals surface area contributed by atoms with Crippen LogP contribution in [0.15, 0.2) is 28.7 Å². The summed E-state index contributed by atoms with van der Waals surface area (Å²) in [6.45, 7) is 3.65. The van der Waals surface area contributed by atoms with E-state index in [2.05, 4.69) is 20.7 Å². The summed E-state index contributed by atoms with van der Waals surface area (Å²) in [5.74, 6) is -0.493. The molecule has 128 valence electrons. The molecule has 6 heteroatoms. The van der Waals surface area contributed by atoms with Gasteiger partial charge in [-0.25, -0.2) is 9.18 Å². The van der Waals surface area contributed by atoms with Crippen LogP contribution in [-0.4, -0.2) is 24.8 Å². The summed E-state index contributed by atoms with van der Waals surface area (Å²) in [6, 6.07) is 6.63. The van der Waals surface area contributed by atoms with E-state index < -0.39 is 11.8 Å². The predicted molar refractivity (Wildman–Crippen MR) is 92.0 cm³/mol. The average Bonchev–Trinajstić information content (AvgIpc) is 2.55. The Morgan fingerprint density at radius 2 is 1.88 bits per heavy atom. The van der Waals surface area contributed by atoms with Gasteiger partial charge >= 0.3 is 5.97 Å². The third kappa shape index (κ3) is 4.06. The molecular formula is C18H18BrFO4. The molecule has 2 rings (SSSR count). The van der Waals surface area contributed by atoms with Crippen molar-refractivity contribution in [3.05, 3.63) is 56.8 Å². The number of esters is 1. The molecule has 0 fully saturated rings. The molecule has 0 aliphatic carbocycles. The van der Waals surface area contributed by atoms with Crippen molar-refractivity contribution in [2.75, 3.05) is 13.7 Å². The molecule has 2 aromatic rings. The number of aryl methyl sites for hydroxylation is 2. The first-order valence-corrected chi connectivity index (χ1v) is 8.08. The lowest BCUT2D eigenvalue weighted by atomic mass is 9.95. The summed E-state index contributed by atoms with van der Waals surface area (Å²) in [4.78, 5) is 11.1. The molecule has 0 aromatic heterocycles. The number of aromatic hydroxyl groups is 1. The number of methoxy groups -OCH3 is 1. The molecule has 0 saturated heterocycles. The van der Waals surface area contributed by atoms with Crippen LogP contribution in [0.2, 0.25) is 0 Å². The number of carbonyl (C=O) groups is 1. The van der Waals surface area contributed by atoms with E-state index >= 15 is 0 Å². The lowest BCUT2D eigenvalue weighted by Crippen LogP contribution is -2.13. The van der Waals surface area contributed by atoms with Crippen LogP contribution in [0.3, 0.4) is 0 Å². The van der Waals surface area contributed by atoms with E-state index in [-0.39, 0.29) is 16.8 Å². The fourth-order valence-corrected chi connectivity index (χ4v) is 2.81. The number of hydrogen-bond donors (Lipinski definition) is 1. The van der Waals surface area contributed by atoms with Crippen molar-refractivity contribution in [2.45, 2.75) is 20.3 Å². The van der Waals surface area contributed by atoms with Crippen molar-refractivity contribution in [3.8, 4) is 11.5 Å². The highest BCUT2D eigenvalue weighted by atomic mass is 79.9. The van der Waals surface area contributed by atoms with Gasteiger partial charge in [-0.15, -0.1) is 0 Å². The summed E-state index contributed by atoms with van der Waals surface area (Å²) in [7, 11) is 1.30. The molecule has 0 aliphatic rings. The third-order valence-corrected chi connectivity index (χ3v) is 4.52. The lowest BCUT2D eigenvalue weighted by molar-refractivity contribution is -0.142. The van der Waals surface area contributed by atoms with Crippen LogP contribution in [-0.2, 0) is 16.0 Å². The van der Waals surface area contributed by atoms with Crippen LogP contribution < -0.4 is 4.74 Å². The Morgan fingerprint density at radius 3 is 2.46 bits per heavy atom. The van der Waals surface area contributed by atoms with Gasteiger partial charge in [0.15, 0.2) is 6.61 Å². The minimum atomic E-state index is -0.472. The van der Waals surface area contributed by atoms with Crippen molar-refractivity contribution >= 4 is 21.9 Å². The highest BCUT2D eigenvalue weighted by molar-refractivity contribution is 9.10. The second-order valence-corrected chi connectivity index (χ2v) is 6.24. The molecule has 0 unspecified atom stereocenters. The van der Waals surface area contributed by atoms with Crippen LogP contribution in [0.1, 0.15) is 22.3 Å². The van der Waals surface area contributed by atoms with Crippen LogP contribution in [0.25, 0.3) is 0 Å². The zero-order valence-corrected chi connectivity index (χ0v) is 15.2. The van der Waals surface area contributed by atoms with Gasteiger partial charge in [-0.05, 0) is 70.2 Å². The van der Waals surface area contributed by atoms with Crippen molar-refractivity contribution < 1.29 is 23.8 Å². The Kier molecular flexibility index (Phi) is 5.83. The number of benzene rings is 2. The van der Waals surface area contributed by atoms with Crippen molar-refractivity contribution in [3.63, 3.8) is 0 Å². The molecule has 0 spiro atoms. The van der Waals surface area contributed by atoms with Crippen molar-refractivity contribution in [2.24, 2.45) is 0 Å². The summed E-state index contributed by atoms with van der Waals surface area (Å²) in [5.41, 5.74) is 3.31. The number of halogens is 2. The van der Waals surface area contributed by atoms with Gasteiger partial charge in [0.1, 0.15) is 17.3 Å². The van der Waals surface area contributed by atoms with E-state index in [9.17, 15) is 14.3 Å². The minimum Gasteiger partial charge on any atom is -0.507 e. The van der Waals surface area contributed by atoms with Crippen molar-refractivity contribution in [1.29, 1.82) is 0 Å². The summed E-state index contributed by atoms with van der Waals surface area (Å²) < 4.78 is 24.3. The third-order valence-electron chi connectivity index (χ3n) is 3.76. The van der Waals surface area contributed by atoms with E-state index in [0.29, 0.717) is 17.7 Å². The van der Waals surface area contributed by atoms with E-state index in [4.69, 9.17) is 4.74 Å². The number of phenolic OH excluding ortho intramolecular Hbond substituents is 1. The largest absolute Gasteiger partial charge is 0.507 e. The van der Waals surface area contributed by atoms with Crippen LogP contribution >= 0.6 is 15.9 Å². The number of hydrogen-bond acceptors (Lipinski definition) is 4. The van der Waals surface area contributed by atoms with Crippen LogP contribution in [0.4, 0.5) is 4.39 Å². The first-order chi connectivity index (χ1) is 11.3. The van der Waals surface area contributed by atoms with E-state index in [0.717, 1.165) is 16.7 Å². The molecule has 0 heterocycles. The fraction of sp³-hybridized carbons (Fsp3) is 0.278. The standard InChI is InChI=1S/C18H18BrFO4/c1-10-6-13(24-9-16(22)23-3)7-11(2)14(10)8-12-4-5-15(21)17(19)18(12)20/h4-7,21H,8-9H2,1-3H3. The average molecular weight is 397 g/mol. The second kappa shape index (κ2) is 7.66. The van der Waals surface area contributed by atoms with E-state index in [1.54, 1.807) is 18.2 Å². The van der Waals surface area contributed by atoms with Gasteiger partial charge in [0.05, 0.1) is 11.6 Å². The van der Waals surface area contributed by atoms with Gasteiger partial charge in [0.2, 0.25) is 0 Å². The Balaban J connectivity index is 2.26. The monoisotopic (exact) mass is 396 g/mol. The highest BCUT2D eigenvalue weighted by Gasteiger charge is 2.14. The maximum Gasteiger partial charge on any atom is 0.343 e. The molecule has 24 heavy (non-hydrogen) atoms. The quantitative estimate of drug-likeness (QED) is 0.774. The smallest absolute Gasteiger partial charge is 0.343 e. The Bertz CT molecular complexity index is 751. The van der Waals surface area contributed by atoms with Crippen molar-refractivity contribution in [1.82, 2.24) is 0 Å². The molecule has 4 nitrogen and oxygen atoms in total. The molecule has 0 aliphatic heterocycles. The summed E-state index contributed by atoms with van der Waals surface area (Å²) >= 11 is 3.04. The van der Waals surface area contributed by atoms with Gasteiger partial charge in [-0.2, -0.15) is 0 Å². The first-order valence-electron chi connectivity index (χ1n) is 7.29. The van der Waals surface area contributed by atoms with Gasteiger partial charge in [-0.3, -0.25) is 0 Å². The lowest BCUT2D eigenvalue weighted by Gasteiger charge is -2.14. The zero-order chi connectivity index (χ0) is 17.9. The predicted octanol–water partition coefficient (Wildman–Crippen LogP) is 4.05.